The molecule has 25 heavy (non-hydrogen) atoms. The largest absolute Gasteiger partial charge is 0.485 e. The lowest BCUT2D eigenvalue weighted by Gasteiger charge is -2.25. The summed E-state index contributed by atoms with van der Waals surface area (Å²) in [5.41, 5.74) is 6.15. The number of hydrazine groups is 1. The lowest BCUT2D eigenvalue weighted by molar-refractivity contribution is -0.131. The molecule has 0 fully saturated rings. The van der Waals surface area contributed by atoms with Gasteiger partial charge in [-0.1, -0.05) is 12.1 Å². The zero-order valence-electron chi connectivity index (χ0n) is 13.5. The molecule has 0 spiro atoms. The van der Waals surface area contributed by atoms with Crippen LogP contribution in [0.5, 0.6) is 11.5 Å². The van der Waals surface area contributed by atoms with E-state index in [2.05, 4.69) is 10.9 Å². The minimum atomic E-state index is -0.799. The number of ether oxygens (including phenoxy) is 2. The highest BCUT2D eigenvalue weighted by Crippen LogP contribution is 2.31. The monoisotopic (exact) mass is 358 g/mol. The second-order valence-electron chi connectivity index (χ2n) is 6.07. The molecule has 0 saturated heterocycles. The molecule has 0 radical (unpaired) electrons. The topological polar surface area (TPSA) is 76.7 Å². The van der Waals surface area contributed by atoms with Crippen LogP contribution in [-0.4, -0.2) is 24.5 Å². The highest BCUT2D eigenvalue weighted by Gasteiger charge is 2.27. The summed E-state index contributed by atoms with van der Waals surface area (Å²) in [5.74, 6) is 0.389. The predicted molar refractivity (Wildman–Crippen MR) is 92.9 cm³/mol. The van der Waals surface area contributed by atoms with Gasteiger partial charge in [0, 0.05) is 4.88 Å². The summed E-state index contributed by atoms with van der Waals surface area (Å²) < 4.78 is 11.1. The third kappa shape index (κ3) is 3.32. The first-order chi connectivity index (χ1) is 12.2. The Labute approximate surface area is 149 Å². The van der Waals surface area contributed by atoms with Crippen LogP contribution < -0.4 is 20.3 Å². The van der Waals surface area contributed by atoms with Crippen molar-refractivity contribution in [2.24, 2.45) is 0 Å². The molecule has 0 saturated carbocycles. The van der Waals surface area contributed by atoms with Gasteiger partial charge in [0.2, 0.25) is 6.10 Å². The van der Waals surface area contributed by atoms with Crippen LogP contribution in [-0.2, 0) is 17.6 Å². The van der Waals surface area contributed by atoms with Gasteiger partial charge in [-0.15, -0.1) is 11.3 Å². The molecule has 2 heterocycles. The number of nitrogens with one attached hydrogen (secondary N) is 2. The molecule has 2 aromatic rings. The van der Waals surface area contributed by atoms with Crippen LogP contribution in [0.2, 0.25) is 0 Å². The second-order valence-corrected chi connectivity index (χ2v) is 7.21. The second kappa shape index (κ2) is 6.76. The molecule has 6 nitrogen and oxygen atoms in total. The maximum Gasteiger partial charge on any atom is 0.283 e. The van der Waals surface area contributed by atoms with E-state index in [4.69, 9.17) is 9.47 Å². The van der Waals surface area contributed by atoms with Gasteiger partial charge in [0.15, 0.2) is 11.5 Å². The SMILES string of the molecule is O=C(NNC(=O)C1COc2ccccc2O1)c1cc2c(s1)CCCC2. The van der Waals surface area contributed by atoms with E-state index in [1.807, 2.05) is 18.2 Å². The number of thiophene rings is 1. The third-order valence-corrected chi connectivity index (χ3v) is 5.56. The zero-order chi connectivity index (χ0) is 17.2. The number of para-hydroxylation sites is 2. The molecule has 1 atom stereocenters. The summed E-state index contributed by atoms with van der Waals surface area (Å²) in [7, 11) is 0. The Morgan fingerprint density at radius 1 is 1.08 bits per heavy atom. The van der Waals surface area contributed by atoms with Gasteiger partial charge in [0.1, 0.15) is 6.61 Å². The number of aryl methyl sites for hydroxylation is 2. The predicted octanol–water partition coefficient (Wildman–Crippen LogP) is 2.23. The fourth-order valence-electron chi connectivity index (χ4n) is 3.01. The number of benzene rings is 1. The average molecular weight is 358 g/mol. The fourth-order valence-corrected chi connectivity index (χ4v) is 4.16. The van der Waals surface area contributed by atoms with Crippen molar-refractivity contribution in [1.29, 1.82) is 0 Å². The Hall–Kier alpha value is -2.54. The summed E-state index contributed by atoms with van der Waals surface area (Å²) in [4.78, 5) is 26.4. The van der Waals surface area contributed by atoms with Gasteiger partial charge in [-0.3, -0.25) is 20.4 Å². The summed E-state index contributed by atoms with van der Waals surface area (Å²) in [6.07, 6.45) is 3.60. The number of hydrogen-bond donors (Lipinski definition) is 2. The molecule has 1 aliphatic carbocycles. The molecular weight excluding hydrogens is 340 g/mol. The van der Waals surface area contributed by atoms with E-state index in [1.165, 1.54) is 34.6 Å². The molecule has 2 aliphatic rings. The van der Waals surface area contributed by atoms with Crippen molar-refractivity contribution in [1.82, 2.24) is 10.9 Å². The molecule has 0 bridgehead atoms. The van der Waals surface area contributed by atoms with Crippen molar-refractivity contribution >= 4 is 23.2 Å². The normalized spacial score (nSPS) is 18.2. The molecule has 1 aromatic carbocycles. The summed E-state index contributed by atoms with van der Waals surface area (Å²) in [5, 5.41) is 0. The van der Waals surface area contributed by atoms with Crippen LogP contribution in [0, 0.1) is 0 Å². The highest BCUT2D eigenvalue weighted by atomic mass is 32.1. The minimum Gasteiger partial charge on any atom is -0.485 e. The first kappa shape index (κ1) is 16.0. The van der Waals surface area contributed by atoms with Gasteiger partial charge in [0.25, 0.3) is 11.8 Å². The van der Waals surface area contributed by atoms with Crippen molar-refractivity contribution in [2.75, 3.05) is 6.61 Å². The Balaban J connectivity index is 1.34. The smallest absolute Gasteiger partial charge is 0.283 e. The molecule has 1 unspecified atom stereocenters. The molecule has 2 amide bonds. The average Bonchev–Trinajstić information content (AvgIpc) is 3.09. The van der Waals surface area contributed by atoms with Crippen molar-refractivity contribution < 1.29 is 19.1 Å². The summed E-state index contributed by atoms with van der Waals surface area (Å²) in [6, 6.07) is 9.09. The number of carbonyl (C=O) groups is 2. The van der Waals surface area contributed by atoms with E-state index in [9.17, 15) is 9.59 Å². The highest BCUT2D eigenvalue weighted by molar-refractivity contribution is 7.14. The van der Waals surface area contributed by atoms with Crippen molar-refractivity contribution in [3.8, 4) is 11.5 Å². The number of rotatable bonds is 2. The Bertz CT molecular complexity index is 794. The van der Waals surface area contributed by atoms with E-state index in [0.717, 1.165) is 12.8 Å². The van der Waals surface area contributed by atoms with Crippen LogP contribution in [0.1, 0.15) is 33.0 Å². The number of amides is 2. The Morgan fingerprint density at radius 2 is 1.88 bits per heavy atom. The Morgan fingerprint density at radius 3 is 2.72 bits per heavy atom. The number of hydrogen-bond acceptors (Lipinski definition) is 5. The van der Waals surface area contributed by atoms with E-state index in [0.29, 0.717) is 16.4 Å². The zero-order valence-corrected chi connectivity index (χ0v) is 14.4. The van der Waals surface area contributed by atoms with E-state index < -0.39 is 12.0 Å². The summed E-state index contributed by atoms with van der Waals surface area (Å²) >= 11 is 1.50. The van der Waals surface area contributed by atoms with Crippen LogP contribution in [0.4, 0.5) is 0 Å². The molecular formula is C18H18N2O4S. The molecule has 130 valence electrons. The van der Waals surface area contributed by atoms with Gasteiger partial charge in [-0.2, -0.15) is 0 Å². The quantitative estimate of drug-likeness (QED) is 0.807. The van der Waals surface area contributed by atoms with E-state index >= 15 is 0 Å². The van der Waals surface area contributed by atoms with Gasteiger partial charge in [0.05, 0.1) is 4.88 Å². The third-order valence-electron chi connectivity index (χ3n) is 4.32. The van der Waals surface area contributed by atoms with Crippen molar-refractivity contribution in [3.05, 3.63) is 45.6 Å². The molecule has 4 rings (SSSR count). The fraction of sp³-hybridized carbons (Fsp3) is 0.333. The number of fused-ring (bicyclic) bond motifs is 2. The lowest BCUT2D eigenvalue weighted by Crippen LogP contribution is -2.50. The van der Waals surface area contributed by atoms with Crippen LogP contribution in [0.15, 0.2) is 30.3 Å². The first-order valence-electron chi connectivity index (χ1n) is 8.31. The van der Waals surface area contributed by atoms with Gasteiger partial charge in [-0.25, -0.2) is 0 Å². The summed E-state index contributed by atoms with van der Waals surface area (Å²) in [6.45, 7) is 0.103. The van der Waals surface area contributed by atoms with Crippen LogP contribution in [0.25, 0.3) is 0 Å². The number of carbonyl (C=O) groups excluding carboxylic acids is 2. The van der Waals surface area contributed by atoms with Crippen LogP contribution >= 0.6 is 11.3 Å². The molecule has 1 aromatic heterocycles. The van der Waals surface area contributed by atoms with E-state index in [1.54, 1.807) is 12.1 Å². The molecule has 2 N–H and O–H groups in total. The minimum absolute atomic E-state index is 0.103. The standard InChI is InChI=1S/C18H18N2O4S/c21-17(14-10-23-12-6-2-3-7-13(12)24-14)19-20-18(22)16-9-11-5-1-4-8-15(11)25-16/h2-3,6-7,9,14H,1,4-5,8,10H2,(H,19,21)(H,20,22). The molecule has 7 heteroatoms. The maximum absolute atomic E-state index is 12.3. The van der Waals surface area contributed by atoms with E-state index in [-0.39, 0.29) is 12.5 Å². The van der Waals surface area contributed by atoms with Gasteiger partial charge < -0.3 is 9.47 Å². The maximum atomic E-state index is 12.3. The van der Waals surface area contributed by atoms with Gasteiger partial charge in [-0.05, 0) is 49.4 Å². The lowest BCUT2D eigenvalue weighted by atomic mass is 9.99. The van der Waals surface area contributed by atoms with Gasteiger partial charge >= 0.3 is 0 Å². The van der Waals surface area contributed by atoms with Crippen LogP contribution in [0.3, 0.4) is 0 Å². The molecule has 1 aliphatic heterocycles. The van der Waals surface area contributed by atoms with Crippen molar-refractivity contribution in [2.45, 2.75) is 31.8 Å². The Kier molecular flexibility index (Phi) is 4.31. The first-order valence-corrected chi connectivity index (χ1v) is 9.12. The van der Waals surface area contributed by atoms with Crippen molar-refractivity contribution in [3.63, 3.8) is 0 Å².